The van der Waals surface area contributed by atoms with Crippen LogP contribution in [0.2, 0.25) is 26.2 Å². The molecule has 102 valence electrons. The summed E-state index contributed by atoms with van der Waals surface area (Å²) in [6, 6.07) is 17.2. The molecule has 2 rings (SSSR count). The molecule has 0 aromatic heterocycles. The zero-order valence-corrected chi connectivity index (χ0v) is 15.1. The Morgan fingerprint density at radius 1 is 0.600 bits per heavy atom. The maximum absolute atomic E-state index is 3.41. The minimum atomic E-state index is -0.820. The van der Waals surface area contributed by atoms with Crippen molar-refractivity contribution in [2.75, 3.05) is 0 Å². The summed E-state index contributed by atoms with van der Waals surface area (Å²) in [5, 5.41) is 2.94. The molecule has 2 heteroatoms. The smallest absolute Gasteiger partial charge is 0.0663 e. The van der Waals surface area contributed by atoms with Gasteiger partial charge in [0.1, 0.15) is 0 Å². The van der Waals surface area contributed by atoms with E-state index in [0.717, 1.165) is 0 Å². The summed E-state index contributed by atoms with van der Waals surface area (Å²) >= 11 is 0. The predicted molar refractivity (Wildman–Crippen MR) is 95.9 cm³/mol. The third kappa shape index (κ3) is 3.50. The summed E-state index contributed by atoms with van der Waals surface area (Å²) in [5.41, 5.74) is 2.43. The van der Waals surface area contributed by atoms with E-state index in [9.17, 15) is 0 Å². The largest absolute Gasteiger partial charge is 0.0682 e. The fourth-order valence-electron chi connectivity index (χ4n) is 2.36. The first-order valence-electron chi connectivity index (χ1n) is 7.29. The second-order valence-electron chi connectivity index (χ2n) is 5.73. The topological polar surface area (TPSA) is 0 Å². The maximum atomic E-state index is 3.41. The lowest BCUT2D eigenvalue weighted by Crippen LogP contribution is -2.26. The molecule has 0 nitrogen and oxygen atoms in total. The summed E-state index contributed by atoms with van der Waals surface area (Å²) in [6.07, 6.45) is 0. The first-order valence-corrected chi connectivity index (χ1v) is 13.1. The average Bonchev–Trinajstić information content (AvgIpc) is 2.45. The van der Waals surface area contributed by atoms with Gasteiger partial charge in [-0.2, -0.15) is 0 Å². The van der Waals surface area contributed by atoms with Crippen molar-refractivity contribution < 1.29 is 0 Å². The molecule has 0 spiro atoms. The number of benzene rings is 2. The predicted octanol–water partition coefficient (Wildman–Crippen LogP) is 2.47. The van der Waals surface area contributed by atoms with Crippen molar-refractivity contribution in [1.29, 1.82) is 0 Å². The SMILES string of the molecule is C[SiH](C)c1ccccc1C#Cc1ccccc1[SiH](C)C. The summed E-state index contributed by atoms with van der Waals surface area (Å²) in [6.45, 7) is 9.43. The van der Waals surface area contributed by atoms with Gasteiger partial charge in [-0.05, 0) is 22.5 Å². The van der Waals surface area contributed by atoms with Gasteiger partial charge < -0.3 is 0 Å². The van der Waals surface area contributed by atoms with Crippen LogP contribution in [0, 0.1) is 11.8 Å². The number of hydrogen-bond acceptors (Lipinski definition) is 0. The van der Waals surface area contributed by atoms with Crippen molar-refractivity contribution in [2.45, 2.75) is 26.2 Å². The zero-order valence-electron chi connectivity index (χ0n) is 12.8. The highest BCUT2D eigenvalue weighted by Crippen LogP contribution is 2.00. The molecule has 0 bridgehead atoms. The van der Waals surface area contributed by atoms with Gasteiger partial charge in [0.2, 0.25) is 0 Å². The Balaban J connectivity index is 2.42. The van der Waals surface area contributed by atoms with E-state index in [1.54, 1.807) is 0 Å². The normalized spacial score (nSPS) is 10.5. The molecule has 0 unspecified atom stereocenters. The van der Waals surface area contributed by atoms with Crippen molar-refractivity contribution in [3.05, 3.63) is 59.7 Å². The van der Waals surface area contributed by atoms with Crippen LogP contribution in [0.5, 0.6) is 0 Å². The van der Waals surface area contributed by atoms with Gasteiger partial charge in [0.15, 0.2) is 0 Å². The van der Waals surface area contributed by atoms with E-state index in [0.29, 0.717) is 0 Å². The molecule has 0 radical (unpaired) electrons. The van der Waals surface area contributed by atoms with Gasteiger partial charge in [0.25, 0.3) is 0 Å². The van der Waals surface area contributed by atoms with E-state index in [-0.39, 0.29) is 0 Å². The van der Waals surface area contributed by atoms with Gasteiger partial charge in [-0.1, -0.05) is 74.4 Å². The van der Waals surface area contributed by atoms with Crippen LogP contribution in [0.4, 0.5) is 0 Å². The van der Waals surface area contributed by atoms with Crippen LogP contribution in [-0.4, -0.2) is 17.6 Å². The Kier molecular flexibility index (Phi) is 5.00. The highest BCUT2D eigenvalue weighted by atomic mass is 28.3. The maximum Gasteiger partial charge on any atom is 0.0663 e. The number of hydrogen-bond donors (Lipinski definition) is 0. The minimum absolute atomic E-state index is 0.820. The third-order valence-electron chi connectivity index (χ3n) is 3.50. The third-order valence-corrected chi connectivity index (χ3v) is 6.99. The van der Waals surface area contributed by atoms with Gasteiger partial charge in [-0.15, -0.1) is 0 Å². The Morgan fingerprint density at radius 3 is 1.30 bits per heavy atom. The zero-order chi connectivity index (χ0) is 14.5. The molecule has 0 aliphatic heterocycles. The van der Waals surface area contributed by atoms with E-state index in [2.05, 4.69) is 86.6 Å². The molecule has 2 aromatic rings. The lowest BCUT2D eigenvalue weighted by Gasteiger charge is -2.08. The fourth-order valence-corrected chi connectivity index (χ4v) is 4.94. The van der Waals surface area contributed by atoms with Crippen LogP contribution in [0.3, 0.4) is 0 Å². The molecular formula is C18H22Si2. The molecule has 2 aromatic carbocycles. The first-order chi connectivity index (χ1) is 9.59. The summed E-state index contributed by atoms with van der Waals surface area (Å²) < 4.78 is 0. The van der Waals surface area contributed by atoms with Crippen molar-refractivity contribution in [3.63, 3.8) is 0 Å². The van der Waals surface area contributed by atoms with Crippen LogP contribution in [0.25, 0.3) is 0 Å². The Hall–Kier alpha value is -1.57. The highest BCUT2D eigenvalue weighted by Gasteiger charge is 2.06. The van der Waals surface area contributed by atoms with Crippen LogP contribution < -0.4 is 10.4 Å². The monoisotopic (exact) mass is 294 g/mol. The molecular weight excluding hydrogens is 272 g/mol. The van der Waals surface area contributed by atoms with Gasteiger partial charge >= 0.3 is 0 Å². The van der Waals surface area contributed by atoms with Crippen LogP contribution >= 0.6 is 0 Å². The van der Waals surface area contributed by atoms with Crippen LogP contribution in [-0.2, 0) is 0 Å². The van der Waals surface area contributed by atoms with Gasteiger partial charge in [-0.25, -0.2) is 0 Å². The average molecular weight is 295 g/mol. The lowest BCUT2D eigenvalue weighted by molar-refractivity contribution is 1.66. The second kappa shape index (κ2) is 6.74. The molecule has 0 heterocycles. The minimum Gasteiger partial charge on any atom is -0.0682 e. The first kappa shape index (κ1) is 14.8. The quantitative estimate of drug-likeness (QED) is 0.590. The van der Waals surface area contributed by atoms with Gasteiger partial charge in [-0.3, -0.25) is 0 Å². The second-order valence-corrected chi connectivity index (χ2v) is 11.6. The Bertz CT molecular complexity index is 590. The van der Waals surface area contributed by atoms with E-state index in [4.69, 9.17) is 0 Å². The molecule has 0 aliphatic rings. The van der Waals surface area contributed by atoms with E-state index in [1.165, 1.54) is 21.5 Å². The lowest BCUT2D eigenvalue weighted by atomic mass is 10.2. The van der Waals surface area contributed by atoms with Gasteiger partial charge in [0.05, 0.1) is 17.6 Å². The van der Waals surface area contributed by atoms with Gasteiger partial charge in [0, 0.05) is 11.1 Å². The summed E-state index contributed by atoms with van der Waals surface area (Å²) in [7, 11) is -1.64. The van der Waals surface area contributed by atoms with Crippen molar-refractivity contribution >= 4 is 28.0 Å². The summed E-state index contributed by atoms with van der Waals surface area (Å²) in [4.78, 5) is 0. The molecule has 0 fully saturated rings. The number of rotatable bonds is 2. The molecule has 0 amide bonds. The molecule has 0 saturated carbocycles. The molecule has 0 atom stereocenters. The van der Waals surface area contributed by atoms with Crippen molar-refractivity contribution in [1.82, 2.24) is 0 Å². The summed E-state index contributed by atoms with van der Waals surface area (Å²) in [5.74, 6) is 6.83. The Morgan fingerprint density at radius 2 is 0.950 bits per heavy atom. The van der Waals surface area contributed by atoms with Crippen molar-refractivity contribution in [3.8, 4) is 11.8 Å². The molecule has 0 aliphatic carbocycles. The van der Waals surface area contributed by atoms with Crippen molar-refractivity contribution in [2.24, 2.45) is 0 Å². The van der Waals surface area contributed by atoms with Crippen LogP contribution in [0.1, 0.15) is 11.1 Å². The van der Waals surface area contributed by atoms with E-state index >= 15 is 0 Å². The van der Waals surface area contributed by atoms with Crippen LogP contribution in [0.15, 0.2) is 48.5 Å². The fraction of sp³-hybridized carbons (Fsp3) is 0.222. The van der Waals surface area contributed by atoms with E-state index in [1.807, 2.05) is 0 Å². The molecule has 0 N–H and O–H groups in total. The molecule has 0 saturated heterocycles. The molecule has 20 heavy (non-hydrogen) atoms. The highest BCUT2D eigenvalue weighted by molar-refractivity contribution is 6.71. The standard InChI is InChI=1S/C18H22Si2/c1-19(2)17-11-7-5-9-15(17)13-14-16-10-6-8-12-18(16)20(3)4/h5-12,19-20H,1-4H3. The van der Waals surface area contributed by atoms with E-state index < -0.39 is 17.6 Å². The Labute approximate surface area is 126 Å².